The molecule has 0 amide bonds. The summed E-state index contributed by atoms with van der Waals surface area (Å²) in [5.41, 5.74) is 2.29. The Hall–Kier alpha value is -1.55. The van der Waals surface area contributed by atoms with Crippen molar-refractivity contribution in [2.45, 2.75) is 6.54 Å². The van der Waals surface area contributed by atoms with Crippen molar-refractivity contribution in [3.63, 3.8) is 0 Å². The molecule has 86 valence electrons. The van der Waals surface area contributed by atoms with Crippen LogP contribution in [0.5, 0.6) is 0 Å². The lowest BCUT2D eigenvalue weighted by atomic mass is 10.2. The molecular weight excluding hydrogens is 278 g/mol. The highest BCUT2D eigenvalue weighted by molar-refractivity contribution is 9.10. The Labute approximate surface area is 108 Å². The third-order valence-corrected chi connectivity index (χ3v) is 3.32. The van der Waals surface area contributed by atoms with E-state index in [1.807, 2.05) is 6.33 Å². The summed E-state index contributed by atoms with van der Waals surface area (Å²) in [6.45, 7) is 1.72. The number of aromatic nitrogens is 2. The number of anilines is 1. The van der Waals surface area contributed by atoms with Gasteiger partial charge in [-0.25, -0.2) is 4.98 Å². The number of benzene rings is 1. The predicted octanol–water partition coefficient (Wildman–Crippen LogP) is 3.13. The smallest absolute Gasteiger partial charge is 0.134 e. The van der Waals surface area contributed by atoms with Gasteiger partial charge in [-0.15, -0.1) is 0 Å². The van der Waals surface area contributed by atoms with E-state index in [0.717, 1.165) is 29.1 Å². The van der Waals surface area contributed by atoms with Gasteiger partial charge < -0.3 is 9.88 Å². The zero-order valence-electron chi connectivity index (χ0n) is 9.23. The zero-order valence-corrected chi connectivity index (χ0v) is 10.8. The van der Waals surface area contributed by atoms with Crippen molar-refractivity contribution in [3.8, 4) is 0 Å². The van der Waals surface area contributed by atoms with Crippen LogP contribution in [0, 0.1) is 0 Å². The average molecular weight is 290 g/mol. The van der Waals surface area contributed by atoms with E-state index in [1.54, 1.807) is 0 Å². The minimum atomic E-state index is 0.844. The van der Waals surface area contributed by atoms with E-state index in [4.69, 9.17) is 0 Å². The lowest BCUT2D eigenvalue weighted by molar-refractivity contribution is 0.800. The van der Waals surface area contributed by atoms with Crippen LogP contribution in [0.2, 0.25) is 0 Å². The quantitative estimate of drug-likeness (QED) is 0.921. The maximum Gasteiger partial charge on any atom is 0.134 e. The fraction of sp³-hybridized carbons (Fsp3) is 0.154. The van der Waals surface area contributed by atoms with Gasteiger partial charge in [-0.3, -0.25) is 0 Å². The summed E-state index contributed by atoms with van der Waals surface area (Å²) in [7, 11) is 0. The summed E-state index contributed by atoms with van der Waals surface area (Å²) in [6.07, 6.45) is 6.03. The lowest BCUT2D eigenvalue weighted by Crippen LogP contribution is -2.10. The van der Waals surface area contributed by atoms with Crippen LogP contribution in [0.15, 0.2) is 41.1 Å². The first-order valence-corrected chi connectivity index (χ1v) is 6.32. The molecule has 0 saturated carbocycles. The first-order chi connectivity index (χ1) is 8.33. The molecule has 0 atom stereocenters. The van der Waals surface area contributed by atoms with Gasteiger partial charge in [0.1, 0.15) is 11.5 Å². The van der Waals surface area contributed by atoms with Gasteiger partial charge in [-0.2, -0.15) is 0 Å². The number of halogens is 1. The van der Waals surface area contributed by atoms with E-state index >= 15 is 0 Å². The summed E-state index contributed by atoms with van der Waals surface area (Å²) in [5, 5.41) is 3.35. The number of fused-ring (bicyclic) bond motifs is 1. The van der Waals surface area contributed by atoms with Crippen LogP contribution in [0.1, 0.15) is 11.3 Å². The summed E-state index contributed by atoms with van der Waals surface area (Å²) in [5.74, 6) is 1.11. The summed E-state index contributed by atoms with van der Waals surface area (Å²) in [4.78, 5) is 4.37. The molecule has 1 aliphatic heterocycles. The number of imidazole rings is 1. The third-order valence-electron chi connectivity index (χ3n) is 2.80. The number of hydrogen-bond acceptors (Lipinski definition) is 2. The maximum atomic E-state index is 4.37. The van der Waals surface area contributed by atoms with Crippen LogP contribution in [0.4, 0.5) is 5.82 Å². The maximum absolute atomic E-state index is 4.37. The molecule has 1 aromatic carbocycles. The molecule has 0 fully saturated rings. The first kappa shape index (κ1) is 10.6. The third kappa shape index (κ3) is 2.13. The molecule has 0 bridgehead atoms. The Morgan fingerprint density at radius 3 is 2.94 bits per heavy atom. The second kappa shape index (κ2) is 4.37. The lowest BCUT2D eigenvalue weighted by Gasteiger charge is -2.12. The zero-order chi connectivity index (χ0) is 11.7. The first-order valence-electron chi connectivity index (χ1n) is 5.53. The Bertz CT molecular complexity index is 555. The number of rotatable bonds is 2. The van der Waals surface area contributed by atoms with Crippen molar-refractivity contribution in [1.29, 1.82) is 0 Å². The van der Waals surface area contributed by atoms with E-state index < -0.39 is 0 Å². The Morgan fingerprint density at radius 1 is 1.29 bits per heavy atom. The average Bonchev–Trinajstić information content (AvgIpc) is 2.76. The fourth-order valence-corrected chi connectivity index (χ4v) is 2.21. The van der Waals surface area contributed by atoms with Crippen molar-refractivity contribution in [3.05, 3.63) is 52.4 Å². The molecule has 1 aliphatic rings. The topological polar surface area (TPSA) is 29.9 Å². The van der Waals surface area contributed by atoms with E-state index in [1.165, 1.54) is 5.56 Å². The van der Waals surface area contributed by atoms with Crippen LogP contribution >= 0.6 is 15.9 Å². The molecule has 0 unspecified atom stereocenters. The minimum absolute atomic E-state index is 0.844. The molecule has 0 saturated heterocycles. The molecule has 1 N–H and O–H groups in total. The van der Waals surface area contributed by atoms with Crippen LogP contribution in [0.3, 0.4) is 0 Å². The van der Waals surface area contributed by atoms with Gasteiger partial charge >= 0.3 is 0 Å². The predicted molar refractivity (Wildman–Crippen MR) is 73.0 cm³/mol. The Morgan fingerprint density at radius 2 is 2.12 bits per heavy atom. The Kier molecular flexibility index (Phi) is 2.73. The molecule has 3 rings (SSSR count). The molecular formula is C13H12BrN3. The molecule has 2 aromatic rings. The van der Waals surface area contributed by atoms with Gasteiger partial charge in [0, 0.05) is 11.0 Å². The van der Waals surface area contributed by atoms with Crippen LogP contribution in [-0.4, -0.2) is 16.1 Å². The number of nitrogens with zero attached hydrogens (tertiary/aromatic N) is 2. The summed E-state index contributed by atoms with van der Waals surface area (Å²) >= 11 is 3.44. The number of hydrogen-bond donors (Lipinski definition) is 1. The molecule has 0 aliphatic carbocycles. The van der Waals surface area contributed by atoms with Gasteiger partial charge in [0.2, 0.25) is 0 Å². The molecule has 1 aromatic heterocycles. The van der Waals surface area contributed by atoms with Crippen LogP contribution < -0.4 is 5.32 Å². The van der Waals surface area contributed by atoms with Crippen LogP contribution in [-0.2, 0) is 6.54 Å². The molecule has 0 spiro atoms. The van der Waals surface area contributed by atoms with Gasteiger partial charge in [-0.05, 0) is 23.8 Å². The van der Waals surface area contributed by atoms with Crippen molar-refractivity contribution in [1.82, 2.24) is 9.55 Å². The Balaban J connectivity index is 1.88. The van der Waals surface area contributed by atoms with Crippen molar-refractivity contribution >= 4 is 27.8 Å². The van der Waals surface area contributed by atoms with Crippen molar-refractivity contribution in [2.75, 3.05) is 11.9 Å². The van der Waals surface area contributed by atoms with Crippen LogP contribution in [0.25, 0.3) is 6.08 Å². The highest BCUT2D eigenvalue weighted by Gasteiger charge is 2.10. The second-order valence-corrected chi connectivity index (χ2v) is 4.93. The standard InChI is InChI=1S/C13H12BrN3/c14-11-5-3-10(4-6-11)8-17-9-16-12-2-1-7-15-13(12)17/h1-6,9,15H,7-8H2. The van der Waals surface area contributed by atoms with Gasteiger partial charge in [0.25, 0.3) is 0 Å². The second-order valence-electron chi connectivity index (χ2n) is 4.02. The highest BCUT2D eigenvalue weighted by atomic mass is 79.9. The van der Waals surface area contributed by atoms with Gasteiger partial charge in [0.05, 0.1) is 12.9 Å². The molecule has 4 heteroatoms. The largest absolute Gasteiger partial charge is 0.366 e. The van der Waals surface area contributed by atoms with E-state index in [9.17, 15) is 0 Å². The van der Waals surface area contributed by atoms with Gasteiger partial charge in [0.15, 0.2) is 0 Å². The van der Waals surface area contributed by atoms with E-state index in [2.05, 4.69) is 67.2 Å². The minimum Gasteiger partial charge on any atom is -0.366 e. The normalized spacial score (nSPS) is 13.2. The summed E-state index contributed by atoms with van der Waals surface area (Å²) < 4.78 is 3.25. The van der Waals surface area contributed by atoms with E-state index in [0.29, 0.717) is 0 Å². The van der Waals surface area contributed by atoms with E-state index in [-0.39, 0.29) is 0 Å². The van der Waals surface area contributed by atoms with Crippen molar-refractivity contribution < 1.29 is 0 Å². The van der Waals surface area contributed by atoms with Crippen molar-refractivity contribution in [2.24, 2.45) is 0 Å². The fourth-order valence-electron chi connectivity index (χ4n) is 1.94. The molecule has 2 heterocycles. The molecule has 3 nitrogen and oxygen atoms in total. The monoisotopic (exact) mass is 289 g/mol. The SMILES string of the molecule is Brc1ccc(Cn2cnc3c2NCC=C3)cc1. The molecule has 0 radical (unpaired) electrons. The summed E-state index contributed by atoms with van der Waals surface area (Å²) in [6, 6.07) is 8.36. The highest BCUT2D eigenvalue weighted by Crippen LogP contribution is 2.21. The van der Waals surface area contributed by atoms with Gasteiger partial charge in [-0.1, -0.05) is 34.1 Å². The molecule has 17 heavy (non-hydrogen) atoms. The number of nitrogens with one attached hydrogen (secondary N) is 1.